The third-order valence-electron chi connectivity index (χ3n) is 4.54. The minimum atomic E-state index is -0.583. The van der Waals surface area contributed by atoms with Gasteiger partial charge in [0, 0.05) is 25.2 Å². The molecular formula is C18H29N3O4S. The Morgan fingerprint density at radius 1 is 1.35 bits per heavy atom. The number of amides is 2. The first kappa shape index (κ1) is 20.8. The lowest BCUT2D eigenvalue weighted by Gasteiger charge is -2.41. The Morgan fingerprint density at radius 3 is 2.69 bits per heavy atom. The van der Waals surface area contributed by atoms with Crippen LogP contribution in [0.4, 0.5) is 0 Å². The average molecular weight is 384 g/mol. The number of thioether (sulfide) groups is 1. The molecular weight excluding hydrogens is 354 g/mol. The largest absolute Gasteiger partial charge is 0.459 e. The fraction of sp³-hybridized carbons (Fsp3) is 0.667. The van der Waals surface area contributed by atoms with Gasteiger partial charge in [0.15, 0.2) is 5.76 Å². The quantitative estimate of drug-likeness (QED) is 0.670. The highest BCUT2D eigenvalue weighted by Crippen LogP contribution is 2.15. The summed E-state index contributed by atoms with van der Waals surface area (Å²) >= 11 is 1.64. The highest BCUT2D eigenvalue weighted by molar-refractivity contribution is 7.98. The highest BCUT2D eigenvalue weighted by atomic mass is 32.2. The lowest BCUT2D eigenvalue weighted by molar-refractivity contribution is -0.123. The molecule has 2 rings (SSSR count). The van der Waals surface area contributed by atoms with Crippen molar-refractivity contribution in [3.63, 3.8) is 0 Å². The molecule has 26 heavy (non-hydrogen) atoms. The first-order chi connectivity index (χ1) is 12.4. The summed E-state index contributed by atoms with van der Waals surface area (Å²) in [7, 11) is 0. The lowest BCUT2D eigenvalue weighted by Crippen LogP contribution is -2.57. The molecule has 1 aliphatic heterocycles. The zero-order chi connectivity index (χ0) is 19.0. The molecule has 1 aliphatic rings. The molecule has 1 saturated heterocycles. The summed E-state index contributed by atoms with van der Waals surface area (Å²) in [6.07, 6.45) is 3.99. The molecule has 146 valence electrons. The Hall–Kier alpha value is -1.51. The zero-order valence-corrected chi connectivity index (χ0v) is 16.6. The van der Waals surface area contributed by atoms with Gasteiger partial charge in [0.05, 0.1) is 19.5 Å². The number of hydrogen-bond donors (Lipinski definition) is 2. The molecule has 0 saturated carbocycles. The Balaban J connectivity index is 1.91. The first-order valence-corrected chi connectivity index (χ1v) is 10.3. The molecule has 1 unspecified atom stereocenters. The second kappa shape index (κ2) is 9.99. The monoisotopic (exact) mass is 383 g/mol. The van der Waals surface area contributed by atoms with Crippen LogP contribution in [0.15, 0.2) is 22.8 Å². The van der Waals surface area contributed by atoms with Gasteiger partial charge < -0.3 is 19.8 Å². The van der Waals surface area contributed by atoms with Crippen molar-refractivity contribution in [2.75, 3.05) is 44.9 Å². The number of furan rings is 1. The summed E-state index contributed by atoms with van der Waals surface area (Å²) in [5.41, 5.74) is -0.172. The summed E-state index contributed by atoms with van der Waals surface area (Å²) in [5, 5.41) is 5.78. The van der Waals surface area contributed by atoms with Crippen molar-refractivity contribution in [1.29, 1.82) is 0 Å². The fourth-order valence-electron chi connectivity index (χ4n) is 2.85. The number of morpholine rings is 1. The summed E-state index contributed by atoms with van der Waals surface area (Å²) in [6.45, 7) is 7.87. The summed E-state index contributed by atoms with van der Waals surface area (Å²) < 4.78 is 10.5. The molecule has 1 aromatic rings. The second-order valence-corrected chi connectivity index (χ2v) is 7.90. The molecule has 0 aromatic carbocycles. The van der Waals surface area contributed by atoms with Gasteiger partial charge in [-0.05, 0) is 44.4 Å². The van der Waals surface area contributed by atoms with Gasteiger partial charge in [0.25, 0.3) is 5.91 Å². The molecule has 0 aliphatic carbocycles. The first-order valence-electron chi connectivity index (χ1n) is 8.88. The molecule has 1 atom stereocenters. The van der Waals surface area contributed by atoms with Crippen molar-refractivity contribution < 1.29 is 18.7 Å². The van der Waals surface area contributed by atoms with E-state index in [4.69, 9.17) is 9.15 Å². The van der Waals surface area contributed by atoms with Gasteiger partial charge in [-0.1, -0.05) is 0 Å². The van der Waals surface area contributed by atoms with Crippen molar-refractivity contribution in [1.82, 2.24) is 15.5 Å². The highest BCUT2D eigenvalue weighted by Gasteiger charge is 2.30. The summed E-state index contributed by atoms with van der Waals surface area (Å²) in [4.78, 5) is 27.2. The van der Waals surface area contributed by atoms with Crippen molar-refractivity contribution in [3.05, 3.63) is 24.2 Å². The van der Waals surface area contributed by atoms with Crippen LogP contribution in [0.1, 0.15) is 30.8 Å². The number of carbonyl (C=O) groups excluding carboxylic acids is 2. The standard InChI is InChI=1S/C18H29N3O4S/c1-18(2,21-7-10-24-11-8-21)13-19-16(22)14(6-12-26-3)20-17(23)15-5-4-9-25-15/h4-5,9,14H,6-8,10-13H2,1-3H3,(H,19,22)(H,20,23). The third kappa shape index (κ3) is 6.03. The van der Waals surface area contributed by atoms with E-state index in [0.29, 0.717) is 26.2 Å². The van der Waals surface area contributed by atoms with E-state index in [-0.39, 0.29) is 23.1 Å². The van der Waals surface area contributed by atoms with Gasteiger partial charge in [0.2, 0.25) is 5.91 Å². The number of nitrogens with zero attached hydrogens (tertiary/aromatic N) is 1. The van der Waals surface area contributed by atoms with Crippen LogP contribution < -0.4 is 10.6 Å². The van der Waals surface area contributed by atoms with Gasteiger partial charge in [-0.25, -0.2) is 0 Å². The molecule has 2 N–H and O–H groups in total. The Morgan fingerprint density at radius 2 is 2.08 bits per heavy atom. The number of hydrogen-bond acceptors (Lipinski definition) is 6. The Labute approximate surface area is 159 Å². The Kier molecular flexibility index (Phi) is 7.99. The van der Waals surface area contributed by atoms with Crippen LogP contribution in [0.3, 0.4) is 0 Å². The maximum Gasteiger partial charge on any atom is 0.287 e. The van der Waals surface area contributed by atoms with Crippen LogP contribution in [0.5, 0.6) is 0 Å². The maximum absolute atomic E-state index is 12.7. The van der Waals surface area contributed by atoms with E-state index >= 15 is 0 Å². The molecule has 0 radical (unpaired) electrons. The number of carbonyl (C=O) groups is 2. The van der Waals surface area contributed by atoms with Crippen LogP contribution in [-0.4, -0.2) is 73.2 Å². The average Bonchev–Trinajstić information content (AvgIpc) is 3.18. The molecule has 7 nitrogen and oxygen atoms in total. The fourth-order valence-corrected chi connectivity index (χ4v) is 3.32. The number of rotatable bonds is 9. The SMILES string of the molecule is CSCCC(NC(=O)c1ccco1)C(=O)NCC(C)(C)N1CCOCC1. The van der Waals surface area contributed by atoms with E-state index < -0.39 is 6.04 Å². The van der Waals surface area contributed by atoms with Gasteiger partial charge in [0.1, 0.15) is 6.04 Å². The maximum atomic E-state index is 12.7. The topological polar surface area (TPSA) is 83.8 Å². The van der Waals surface area contributed by atoms with Crippen molar-refractivity contribution in [3.8, 4) is 0 Å². The normalized spacial score (nSPS) is 16.9. The van der Waals surface area contributed by atoms with Crippen LogP contribution in [-0.2, 0) is 9.53 Å². The molecule has 0 spiro atoms. The van der Waals surface area contributed by atoms with Crippen LogP contribution in [0, 0.1) is 0 Å². The van der Waals surface area contributed by atoms with Crippen molar-refractivity contribution >= 4 is 23.6 Å². The molecule has 2 amide bonds. The minimum absolute atomic E-state index is 0.166. The van der Waals surface area contributed by atoms with Gasteiger partial charge in [-0.2, -0.15) is 11.8 Å². The van der Waals surface area contributed by atoms with E-state index in [1.165, 1.54) is 6.26 Å². The molecule has 1 fully saturated rings. The molecule has 2 heterocycles. The third-order valence-corrected chi connectivity index (χ3v) is 5.18. The predicted octanol–water partition coefficient (Wildman–Crippen LogP) is 1.36. The zero-order valence-electron chi connectivity index (χ0n) is 15.7. The smallest absolute Gasteiger partial charge is 0.287 e. The van der Waals surface area contributed by atoms with Gasteiger partial charge in [-0.15, -0.1) is 0 Å². The summed E-state index contributed by atoms with van der Waals surface area (Å²) in [6, 6.07) is 2.65. The minimum Gasteiger partial charge on any atom is -0.459 e. The van der Waals surface area contributed by atoms with Gasteiger partial charge in [-0.3, -0.25) is 14.5 Å². The van der Waals surface area contributed by atoms with Crippen molar-refractivity contribution in [2.24, 2.45) is 0 Å². The van der Waals surface area contributed by atoms with Crippen LogP contribution >= 0.6 is 11.8 Å². The van der Waals surface area contributed by atoms with E-state index in [1.54, 1.807) is 23.9 Å². The van der Waals surface area contributed by atoms with E-state index in [2.05, 4.69) is 29.4 Å². The van der Waals surface area contributed by atoms with E-state index in [1.807, 2.05) is 6.26 Å². The van der Waals surface area contributed by atoms with Gasteiger partial charge >= 0.3 is 0 Å². The van der Waals surface area contributed by atoms with Crippen molar-refractivity contribution in [2.45, 2.75) is 31.8 Å². The number of nitrogens with one attached hydrogen (secondary N) is 2. The lowest BCUT2D eigenvalue weighted by atomic mass is 10.0. The molecule has 0 bridgehead atoms. The second-order valence-electron chi connectivity index (χ2n) is 6.91. The Bertz CT molecular complexity index is 571. The molecule has 1 aromatic heterocycles. The van der Waals surface area contributed by atoms with Crippen LogP contribution in [0.2, 0.25) is 0 Å². The summed E-state index contributed by atoms with van der Waals surface area (Å²) in [5.74, 6) is 0.452. The molecule has 8 heteroatoms. The predicted molar refractivity (Wildman–Crippen MR) is 102 cm³/mol. The van der Waals surface area contributed by atoms with E-state index in [0.717, 1.165) is 18.8 Å². The number of ether oxygens (including phenoxy) is 1. The van der Waals surface area contributed by atoms with E-state index in [9.17, 15) is 9.59 Å². The van der Waals surface area contributed by atoms with Crippen LogP contribution in [0.25, 0.3) is 0 Å².